The van der Waals surface area contributed by atoms with Gasteiger partial charge in [-0.05, 0) is 12.5 Å². The summed E-state index contributed by atoms with van der Waals surface area (Å²) < 4.78 is 87.3. The first-order chi connectivity index (χ1) is 18.9. The van der Waals surface area contributed by atoms with Gasteiger partial charge >= 0.3 is 12.4 Å². The highest BCUT2D eigenvalue weighted by atomic mass is 19.4. The molecule has 1 aliphatic rings. The Bertz CT molecular complexity index is 1630. The monoisotopic (exact) mass is 564 g/mol. The summed E-state index contributed by atoms with van der Waals surface area (Å²) in [6, 6.07) is 0. The van der Waals surface area contributed by atoms with Gasteiger partial charge in [-0.2, -0.15) is 26.3 Å². The predicted octanol–water partition coefficient (Wildman–Crippen LogP) is 3.86. The van der Waals surface area contributed by atoms with E-state index >= 15 is 0 Å². The fourth-order valence-corrected chi connectivity index (χ4v) is 4.58. The minimum absolute atomic E-state index is 0.185. The lowest BCUT2D eigenvalue weighted by Crippen LogP contribution is -2.37. The summed E-state index contributed by atoms with van der Waals surface area (Å²) in [7, 11) is 3.14. The maximum absolute atomic E-state index is 13.5. The molecule has 1 aliphatic heterocycles. The van der Waals surface area contributed by atoms with Gasteiger partial charge < -0.3 is 14.2 Å². The van der Waals surface area contributed by atoms with E-state index in [1.165, 1.54) is 25.8 Å². The Morgan fingerprint density at radius 3 is 2.40 bits per heavy atom. The highest BCUT2D eigenvalue weighted by Gasteiger charge is 2.43. The van der Waals surface area contributed by atoms with E-state index in [1.807, 2.05) is 0 Å². The SMILES string of the molecule is COc1ncnc2c1c(/C=C/C(=O)N1CCc3c(nc(C(F)(F)F)nc3C(F)(F)F)C1)c(-c1cncnc1)n2C. The first-order valence-electron chi connectivity index (χ1n) is 11.5. The van der Waals surface area contributed by atoms with Crippen LogP contribution in [-0.4, -0.2) is 58.9 Å². The fraction of sp³-hybridized carbons (Fsp3) is 0.292. The Morgan fingerprint density at radius 1 is 1.02 bits per heavy atom. The number of amides is 1. The van der Waals surface area contributed by atoms with Crippen LogP contribution in [0, 0.1) is 0 Å². The molecule has 10 nitrogen and oxygen atoms in total. The summed E-state index contributed by atoms with van der Waals surface area (Å²) in [6.07, 6.45) is -2.31. The standard InChI is InChI=1S/C24H18F6N8O2/c1-37-18(12-7-31-10-32-8-12)14(17-20(37)33-11-34-21(17)40-2)3-4-16(39)38-6-5-13-15(9-38)35-22(24(28,29)30)36-19(13)23(25,26)27/h3-4,7-8,10-11H,5-6,9H2,1-2H3/b4-3+. The highest BCUT2D eigenvalue weighted by Crippen LogP contribution is 2.38. The van der Waals surface area contributed by atoms with Crippen molar-refractivity contribution < 1.29 is 35.9 Å². The first kappa shape index (κ1) is 27.0. The van der Waals surface area contributed by atoms with Crippen molar-refractivity contribution in [3.8, 4) is 17.1 Å². The van der Waals surface area contributed by atoms with Gasteiger partial charge in [0.2, 0.25) is 17.6 Å². The van der Waals surface area contributed by atoms with E-state index in [0.29, 0.717) is 27.9 Å². The van der Waals surface area contributed by atoms with E-state index in [2.05, 4.69) is 29.9 Å². The fourth-order valence-electron chi connectivity index (χ4n) is 4.58. The topological polar surface area (TPSA) is 112 Å². The number of aryl methyl sites for hydroxylation is 1. The van der Waals surface area contributed by atoms with Gasteiger partial charge in [0.05, 0.1) is 30.4 Å². The van der Waals surface area contributed by atoms with Crippen LogP contribution >= 0.6 is 0 Å². The molecule has 40 heavy (non-hydrogen) atoms. The zero-order valence-corrected chi connectivity index (χ0v) is 20.7. The van der Waals surface area contributed by atoms with E-state index in [0.717, 1.165) is 11.0 Å². The summed E-state index contributed by atoms with van der Waals surface area (Å²) in [5.41, 5.74) is -0.525. The van der Waals surface area contributed by atoms with Crippen LogP contribution in [0.4, 0.5) is 26.3 Å². The number of halogens is 6. The van der Waals surface area contributed by atoms with Gasteiger partial charge in [-0.3, -0.25) is 4.79 Å². The molecular formula is C24H18F6N8O2. The Hall–Kier alpha value is -4.63. The van der Waals surface area contributed by atoms with Crippen LogP contribution in [0.1, 0.15) is 28.3 Å². The molecule has 0 atom stereocenters. The summed E-state index contributed by atoms with van der Waals surface area (Å²) in [5.74, 6) is -2.35. The van der Waals surface area contributed by atoms with Gasteiger partial charge in [0.25, 0.3) is 0 Å². The molecule has 4 aromatic heterocycles. The van der Waals surface area contributed by atoms with Crippen LogP contribution in [0.5, 0.6) is 5.88 Å². The van der Waals surface area contributed by atoms with Crippen LogP contribution in [0.3, 0.4) is 0 Å². The van der Waals surface area contributed by atoms with Gasteiger partial charge in [-0.15, -0.1) is 0 Å². The van der Waals surface area contributed by atoms with E-state index in [9.17, 15) is 31.1 Å². The van der Waals surface area contributed by atoms with Crippen molar-refractivity contribution in [3.05, 3.63) is 59.5 Å². The van der Waals surface area contributed by atoms with Crippen molar-refractivity contribution in [3.63, 3.8) is 0 Å². The molecule has 0 fully saturated rings. The van der Waals surface area contributed by atoms with Crippen LogP contribution in [0.2, 0.25) is 0 Å². The van der Waals surface area contributed by atoms with Gasteiger partial charge in [0.1, 0.15) is 18.3 Å². The molecule has 0 unspecified atom stereocenters. The lowest BCUT2D eigenvalue weighted by molar-refractivity contribution is -0.153. The number of carbonyl (C=O) groups is 1. The molecule has 0 bridgehead atoms. The Balaban J connectivity index is 1.54. The number of fused-ring (bicyclic) bond motifs is 2. The minimum atomic E-state index is -5.20. The molecule has 4 aromatic rings. The summed E-state index contributed by atoms with van der Waals surface area (Å²) >= 11 is 0. The smallest absolute Gasteiger partial charge is 0.451 e. The number of aromatic nitrogens is 7. The highest BCUT2D eigenvalue weighted by molar-refractivity contribution is 6.02. The maximum atomic E-state index is 13.5. The third-order valence-electron chi connectivity index (χ3n) is 6.29. The molecule has 1 amide bonds. The molecular weight excluding hydrogens is 546 g/mol. The molecule has 0 spiro atoms. The van der Waals surface area contributed by atoms with Crippen molar-refractivity contribution in [1.82, 2.24) is 39.4 Å². The number of hydrogen-bond donors (Lipinski definition) is 0. The van der Waals surface area contributed by atoms with E-state index < -0.39 is 47.6 Å². The average Bonchev–Trinajstić information content (AvgIpc) is 3.21. The predicted molar refractivity (Wildman–Crippen MR) is 126 cm³/mol. The molecule has 0 radical (unpaired) electrons. The molecule has 0 N–H and O–H groups in total. The van der Waals surface area contributed by atoms with Crippen molar-refractivity contribution in [2.75, 3.05) is 13.7 Å². The van der Waals surface area contributed by atoms with Gasteiger partial charge in [-0.25, -0.2) is 29.9 Å². The Morgan fingerprint density at radius 2 is 1.75 bits per heavy atom. The van der Waals surface area contributed by atoms with E-state index in [4.69, 9.17) is 4.74 Å². The van der Waals surface area contributed by atoms with Gasteiger partial charge in [-0.1, -0.05) is 0 Å². The number of nitrogens with zero attached hydrogens (tertiary/aromatic N) is 8. The van der Waals surface area contributed by atoms with Crippen molar-refractivity contribution in [2.45, 2.75) is 25.3 Å². The van der Waals surface area contributed by atoms with Crippen LogP contribution in [-0.2, 0) is 37.2 Å². The lowest BCUT2D eigenvalue weighted by atomic mass is 10.0. The zero-order chi connectivity index (χ0) is 28.8. The third-order valence-corrected chi connectivity index (χ3v) is 6.29. The number of methoxy groups -OCH3 is 1. The van der Waals surface area contributed by atoms with Crippen LogP contribution < -0.4 is 4.74 Å². The van der Waals surface area contributed by atoms with Crippen molar-refractivity contribution >= 4 is 23.0 Å². The first-order valence-corrected chi connectivity index (χ1v) is 11.5. The van der Waals surface area contributed by atoms with Gasteiger partial charge in [0.15, 0.2) is 5.69 Å². The second kappa shape index (κ2) is 9.84. The number of hydrogen-bond acceptors (Lipinski definition) is 8. The van der Waals surface area contributed by atoms with Crippen LogP contribution in [0.25, 0.3) is 28.4 Å². The lowest BCUT2D eigenvalue weighted by Gasteiger charge is -2.29. The van der Waals surface area contributed by atoms with Crippen molar-refractivity contribution in [1.29, 1.82) is 0 Å². The zero-order valence-electron chi connectivity index (χ0n) is 20.7. The molecule has 16 heteroatoms. The Labute approximate surface area is 221 Å². The summed E-state index contributed by atoms with van der Waals surface area (Å²) in [4.78, 5) is 36.8. The van der Waals surface area contributed by atoms with E-state index in [1.54, 1.807) is 24.0 Å². The molecule has 0 aromatic carbocycles. The molecule has 0 aliphatic carbocycles. The number of alkyl halides is 6. The quantitative estimate of drug-likeness (QED) is 0.272. The molecule has 208 valence electrons. The number of carbonyl (C=O) groups excluding carboxylic acids is 1. The normalized spacial score (nSPS) is 14.2. The maximum Gasteiger partial charge on any atom is 0.451 e. The third kappa shape index (κ3) is 4.80. The largest absolute Gasteiger partial charge is 0.480 e. The molecule has 5 heterocycles. The van der Waals surface area contributed by atoms with E-state index in [-0.39, 0.29) is 18.8 Å². The van der Waals surface area contributed by atoms with Crippen LogP contribution in [0.15, 0.2) is 31.1 Å². The average molecular weight is 564 g/mol. The molecule has 5 rings (SSSR count). The minimum Gasteiger partial charge on any atom is -0.480 e. The molecule has 0 saturated carbocycles. The summed E-state index contributed by atoms with van der Waals surface area (Å²) in [5, 5.41) is 0.469. The Kier molecular flexibility index (Phi) is 6.63. The number of ether oxygens (including phenoxy) is 1. The molecule has 0 saturated heterocycles. The van der Waals surface area contributed by atoms with Crippen molar-refractivity contribution in [2.24, 2.45) is 7.05 Å². The second-order valence-electron chi connectivity index (χ2n) is 8.69. The second-order valence-corrected chi connectivity index (χ2v) is 8.69. The van der Waals surface area contributed by atoms with Gasteiger partial charge in [0, 0.05) is 48.8 Å². The summed E-state index contributed by atoms with van der Waals surface area (Å²) in [6.45, 7) is -0.746. The number of rotatable bonds is 4.